The van der Waals surface area contributed by atoms with Crippen molar-refractivity contribution in [3.8, 4) is 0 Å². The molecule has 0 radical (unpaired) electrons. The summed E-state index contributed by atoms with van der Waals surface area (Å²) in [5, 5.41) is 2.87. The van der Waals surface area contributed by atoms with Gasteiger partial charge in [-0.2, -0.15) is 0 Å². The molecule has 1 amide bonds. The van der Waals surface area contributed by atoms with Crippen LogP contribution in [0.4, 0.5) is 0 Å². The van der Waals surface area contributed by atoms with E-state index in [-0.39, 0.29) is 18.1 Å². The molecule has 1 aromatic carbocycles. The highest BCUT2D eigenvalue weighted by atomic mass is 16.2. The van der Waals surface area contributed by atoms with Gasteiger partial charge >= 0.3 is 5.69 Å². The van der Waals surface area contributed by atoms with Gasteiger partial charge in [0.25, 0.3) is 5.56 Å². The molecule has 0 saturated heterocycles. The Morgan fingerprint density at radius 3 is 2.38 bits per heavy atom. The van der Waals surface area contributed by atoms with Crippen LogP contribution in [-0.2, 0) is 31.9 Å². The number of amides is 1. The Labute approximate surface area is 168 Å². The molecule has 1 atom stereocenters. The molecule has 0 bridgehead atoms. The zero-order valence-electron chi connectivity index (χ0n) is 17.5. The lowest BCUT2D eigenvalue weighted by Crippen LogP contribution is -2.43. The summed E-state index contributed by atoms with van der Waals surface area (Å²) in [6.45, 7) is 5.88. The minimum absolute atomic E-state index is 0.240. The third-order valence-corrected chi connectivity index (χ3v) is 5.00. The molecule has 8 nitrogen and oxygen atoms in total. The van der Waals surface area contributed by atoms with Crippen molar-refractivity contribution in [3.05, 3.63) is 62.6 Å². The second-order valence-corrected chi connectivity index (χ2v) is 7.89. The molecule has 0 aliphatic heterocycles. The minimum atomic E-state index is -0.568. The smallest absolute Gasteiger partial charge is 0.332 e. The predicted molar refractivity (Wildman–Crippen MR) is 112 cm³/mol. The van der Waals surface area contributed by atoms with E-state index in [1.54, 1.807) is 11.6 Å². The number of fused-ring (bicyclic) bond motifs is 1. The first kappa shape index (κ1) is 20.6. The molecule has 29 heavy (non-hydrogen) atoms. The topological polar surface area (TPSA) is 90.9 Å². The number of nitrogens with zero attached hydrogens (tertiary/aromatic N) is 4. The lowest BCUT2D eigenvalue weighted by atomic mass is 10.00. The summed E-state index contributed by atoms with van der Waals surface area (Å²) in [7, 11) is 3.21. The Balaban J connectivity index is 1.78. The summed E-state index contributed by atoms with van der Waals surface area (Å²) in [6.07, 6.45) is 2.48. The van der Waals surface area contributed by atoms with Crippen molar-refractivity contribution in [1.29, 1.82) is 0 Å². The highest BCUT2D eigenvalue weighted by molar-refractivity contribution is 5.77. The van der Waals surface area contributed by atoms with Crippen molar-refractivity contribution in [3.63, 3.8) is 0 Å². The molecule has 0 unspecified atom stereocenters. The summed E-state index contributed by atoms with van der Waals surface area (Å²) in [4.78, 5) is 41.9. The second-order valence-electron chi connectivity index (χ2n) is 7.89. The Morgan fingerprint density at radius 1 is 1.10 bits per heavy atom. The first-order valence-electron chi connectivity index (χ1n) is 9.68. The number of imidazole rings is 1. The molecule has 0 aliphatic rings. The molecule has 2 heterocycles. The van der Waals surface area contributed by atoms with E-state index in [2.05, 4.69) is 36.3 Å². The monoisotopic (exact) mass is 397 g/mol. The quantitative estimate of drug-likeness (QED) is 0.683. The predicted octanol–water partition coefficient (Wildman–Crippen LogP) is 1.51. The van der Waals surface area contributed by atoms with Crippen LogP contribution in [0.25, 0.3) is 11.2 Å². The van der Waals surface area contributed by atoms with E-state index in [0.717, 1.165) is 16.6 Å². The van der Waals surface area contributed by atoms with Gasteiger partial charge in [-0.3, -0.25) is 14.2 Å². The van der Waals surface area contributed by atoms with E-state index < -0.39 is 17.2 Å². The van der Waals surface area contributed by atoms with Gasteiger partial charge < -0.3 is 9.88 Å². The lowest BCUT2D eigenvalue weighted by Gasteiger charge is -2.16. The highest BCUT2D eigenvalue weighted by Crippen LogP contribution is 2.15. The maximum absolute atomic E-state index is 12.7. The number of hydrogen-bond acceptors (Lipinski definition) is 4. The average Bonchev–Trinajstić information content (AvgIpc) is 3.05. The van der Waals surface area contributed by atoms with Crippen molar-refractivity contribution in [2.45, 2.75) is 39.8 Å². The summed E-state index contributed by atoms with van der Waals surface area (Å²) < 4.78 is 3.77. The number of benzene rings is 1. The first-order chi connectivity index (χ1) is 13.7. The Kier molecular flexibility index (Phi) is 5.72. The van der Waals surface area contributed by atoms with Crippen LogP contribution >= 0.6 is 0 Å². The van der Waals surface area contributed by atoms with Gasteiger partial charge in [-0.1, -0.05) is 38.1 Å². The van der Waals surface area contributed by atoms with Gasteiger partial charge in [0.15, 0.2) is 11.2 Å². The van der Waals surface area contributed by atoms with E-state index in [1.165, 1.54) is 23.5 Å². The molecular formula is C21H27N5O3. The van der Waals surface area contributed by atoms with E-state index in [4.69, 9.17) is 0 Å². The fraction of sp³-hybridized carbons (Fsp3) is 0.429. The van der Waals surface area contributed by atoms with E-state index in [0.29, 0.717) is 11.6 Å². The highest BCUT2D eigenvalue weighted by Gasteiger charge is 2.18. The SMILES string of the molecule is CC(C)Cc1ccc([C@H](C)NC(=O)Cn2c(=O)c3c(ncn3C)n(C)c2=O)cc1. The van der Waals surface area contributed by atoms with Crippen LogP contribution in [0.2, 0.25) is 0 Å². The van der Waals surface area contributed by atoms with Crippen LogP contribution in [-0.4, -0.2) is 24.6 Å². The largest absolute Gasteiger partial charge is 0.348 e. The van der Waals surface area contributed by atoms with Crippen LogP contribution in [0.5, 0.6) is 0 Å². The zero-order chi connectivity index (χ0) is 21.3. The van der Waals surface area contributed by atoms with Crippen LogP contribution < -0.4 is 16.6 Å². The van der Waals surface area contributed by atoms with E-state index >= 15 is 0 Å². The van der Waals surface area contributed by atoms with Gasteiger partial charge in [0.2, 0.25) is 5.91 Å². The molecule has 154 valence electrons. The van der Waals surface area contributed by atoms with Crippen LogP contribution in [0.3, 0.4) is 0 Å². The number of hydrogen-bond donors (Lipinski definition) is 1. The minimum Gasteiger partial charge on any atom is -0.348 e. The Bertz CT molecular complexity index is 1150. The van der Waals surface area contributed by atoms with Crippen molar-refractivity contribution in [1.82, 2.24) is 24.0 Å². The van der Waals surface area contributed by atoms with Crippen molar-refractivity contribution in [2.24, 2.45) is 20.0 Å². The molecule has 1 N–H and O–H groups in total. The fourth-order valence-electron chi connectivity index (χ4n) is 3.46. The fourth-order valence-corrected chi connectivity index (χ4v) is 3.46. The van der Waals surface area contributed by atoms with E-state index in [9.17, 15) is 14.4 Å². The van der Waals surface area contributed by atoms with Gasteiger partial charge in [-0.05, 0) is 30.4 Å². The summed E-state index contributed by atoms with van der Waals surface area (Å²) in [5.74, 6) is 0.181. The normalized spacial score (nSPS) is 12.5. The molecule has 8 heteroatoms. The third-order valence-electron chi connectivity index (χ3n) is 5.00. The van der Waals surface area contributed by atoms with Gasteiger partial charge in [0, 0.05) is 14.1 Å². The first-order valence-corrected chi connectivity index (χ1v) is 9.68. The maximum atomic E-state index is 12.7. The van der Waals surface area contributed by atoms with Gasteiger partial charge in [-0.25, -0.2) is 14.3 Å². The molecule has 3 aromatic rings. The molecular weight excluding hydrogens is 370 g/mol. The Hall–Kier alpha value is -3.16. The molecule has 0 fully saturated rings. The number of aromatic nitrogens is 4. The van der Waals surface area contributed by atoms with E-state index in [1.807, 2.05) is 19.1 Å². The van der Waals surface area contributed by atoms with Crippen molar-refractivity contribution < 1.29 is 4.79 Å². The molecule has 0 spiro atoms. The summed E-state index contributed by atoms with van der Waals surface area (Å²) in [6, 6.07) is 7.88. The molecule has 3 rings (SSSR count). The summed E-state index contributed by atoms with van der Waals surface area (Å²) >= 11 is 0. The van der Waals surface area contributed by atoms with Gasteiger partial charge in [0.05, 0.1) is 12.4 Å². The maximum Gasteiger partial charge on any atom is 0.332 e. The standard InChI is InChI=1S/C21H27N5O3/c1-13(2)10-15-6-8-16(9-7-15)14(3)23-17(27)11-26-20(28)18-19(22-12-24(18)4)25(5)21(26)29/h6-9,12-14H,10-11H2,1-5H3,(H,23,27)/t14-/m0/s1. The third kappa shape index (κ3) is 4.16. The summed E-state index contributed by atoms with van der Waals surface area (Å²) in [5.41, 5.74) is 1.71. The van der Waals surface area contributed by atoms with Crippen LogP contribution in [0, 0.1) is 5.92 Å². The molecule has 0 saturated carbocycles. The van der Waals surface area contributed by atoms with Crippen LogP contribution in [0.1, 0.15) is 37.9 Å². The number of rotatable bonds is 6. The molecule has 2 aromatic heterocycles. The number of aryl methyl sites for hydroxylation is 2. The van der Waals surface area contributed by atoms with Crippen molar-refractivity contribution >= 4 is 17.1 Å². The number of nitrogens with one attached hydrogen (secondary N) is 1. The van der Waals surface area contributed by atoms with Gasteiger partial charge in [-0.15, -0.1) is 0 Å². The average molecular weight is 397 g/mol. The van der Waals surface area contributed by atoms with Crippen molar-refractivity contribution in [2.75, 3.05) is 0 Å². The van der Waals surface area contributed by atoms with Crippen LogP contribution in [0.15, 0.2) is 40.2 Å². The molecule has 0 aliphatic carbocycles. The van der Waals surface area contributed by atoms with Gasteiger partial charge in [0.1, 0.15) is 6.54 Å². The zero-order valence-corrected chi connectivity index (χ0v) is 17.5. The number of carbonyl (C=O) groups excluding carboxylic acids is 1. The number of carbonyl (C=O) groups is 1. The second kappa shape index (κ2) is 8.06. The Morgan fingerprint density at radius 2 is 1.76 bits per heavy atom. The lowest BCUT2D eigenvalue weighted by molar-refractivity contribution is -0.122.